The van der Waals surface area contributed by atoms with Crippen molar-refractivity contribution in [3.8, 4) is 0 Å². The molecule has 120 valence electrons. The molecule has 1 aliphatic heterocycles. The van der Waals surface area contributed by atoms with Gasteiger partial charge in [0, 0.05) is 30.8 Å². The average Bonchev–Trinajstić information content (AvgIpc) is 2.58. The Morgan fingerprint density at radius 3 is 2.52 bits per heavy atom. The Morgan fingerprint density at radius 1 is 1.04 bits per heavy atom. The lowest BCUT2D eigenvalue weighted by Gasteiger charge is -2.27. The number of carbonyl (C=O) groups is 1. The molecule has 23 heavy (non-hydrogen) atoms. The van der Waals surface area contributed by atoms with Crippen molar-refractivity contribution in [3.05, 3.63) is 70.3 Å². The summed E-state index contributed by atoms with van der Waals surface area (Å²) in [6, 6.07) is 13.9. The van der Waals surface area contributed by atoms with Gasteiger partial charge in [-0.15, -0.1) is 0 Å². The second-order valence-electron chi connectivity index (χ2n) is 6.17. The van der Waals surface area contributed by atoms with E-state index in [1.165, 1.54) is 5.56 Å². The highest BCUT2D eigenvalue weighted by atomic mass is 16.5. The van der Waals surface area contributed by atoms with Crippen LogP contribution < -0.4 is 0 Å². The highest BCUT2D eigenvalue weighted by molar-refractivity contribution is 6.10. The van der Waals surface area contributed by atoms with Gasteiger partial charge in [0.15, 0.2) is 5.78 Å². The SMILES string of the molecule is Cc1ccc(C(=O)c2ccccc2CN2CCOCC2)cc1C. The lowest BCUT2D eigenvalue weighted by molar-refractivity contribution is 0.0341. The number of hydrogen-bond donors (Lipinski definition) is 0. The maximum atomic E-state index is 12.9. The van der Waals surface area contributed by atoms with Gasteiger partial charge < -0.3 is 4.74 Å². The van der Waals surface area contributed by atoms with Gasteiger partial charge in [-0.05, 0) is 36.6 Å². The van der Waals surface area contributed by atoms with Crippen molar-refractivity contribution >= 4 is 5.78 Å². The van der Waals surface area contributed by atoms with Crippen LogP contribution in [0.25, 0.3) is 0 Å². The molecule has 3 heteroatoms. The van der Waals surface area contributed by atoms with E-state index in [2.05, 4.69) is 17.9 Å². The zero-order valence-corrected chi connectivity index (χ0v) is 13.8. The summed E-state index contributed by atoms with van der Waals surface area (Å²) in [7, 11) is 0. The number of ketones is 1. The topological polar surface area (TPSA) is 29.5 Å². The molecule has 0 amide bonds. The molecule has 3 rings (SSSR count). The van der Waals surface area contributed by atoms with Crippen LogP contribution in [0.4, 0.5) is 0 Å². The Kier molecular flexibility index (Phi) is 4.89. The molecule has 2 aromatic rings. The molecule has 1 fully saturated rings. The van der Waals surface area contributed by atoms with E-state index >= 15 is 0 Å². The van der Waals surface area contributed by atoms with Gasteiger partial charge in [0.2, 0.25) is 0 Å². The Balaban J connectivity index is 1.86. The Hall–Kier alpha value is -1.97. The van der Waals surface area contributed by atoms with Crippen molar-refractivity contribution in [2.45, 2.75) is 20.4 Å². The van der Waals surface area contributed by atoms with Gasteiger partial charge >= 0.3 is 0 Å². The van der Waals surface area contributed by atoms with Crippen LogP contribution in [0.15, 0.2) is 42.5 Å². The molecule has 0 bridgehead atoms. The second-order valence-corrected chi connectivity index (χ2v) is 6.17. The standard InChI is InChI=1S/C20H23NO2/c1-15-7-8-17(13-16(15)2)20(22)19-6-4-3-5-18(19)14-21-9-11-23-12-10-21/h3-8,13H,9-12,14H2,1-2H3. The Labute approximate surface area is 137 Å². The summed E-state index contributed by atoms with van der Waals surface area (Å²) in [5, 5.41) is 0. The number of hydrogen-bond acceptors (Lipinski definition) is 3. The number of benzene rings is 2. The summed E-state index contributed by atoms with van der Waals surface area (Å²) in [5.41, 5.74) is 5.03. The summed E-state index contributed by atoms with van der Waals surface area (Å²) in [6.07, 6.45) is 0. The summed E-state index contributed by atoms with van der Waals surface area (Å²) >= 11 is 0. The van der Waals surface area contributed by atoms with Gasteiger partial charge in [-0.2, -0.15) is 0 Å². The van der Waals surface area contributed by atoms with Crippen LogP contribution in [0.2, 0.25) is 0 Å². The van der Waals surface area contributed by atoms with Crippen molar-refractivity contribution in [2.24, 2.45) is 0 Å². The van der Waals surface area contributed by atoms with E-state index in [0.717, 1.165) is 55.1 Å². The number of morpholine rings is 1. The lowest BCUT2D eigenvalue weighted by Crippen LogP contribution is -2.36. The van der Waals surface area contributed by atoms with Gasteiger partial charge in [0.25, 0.3) is 0 Å². The first-order valence-electron chi connectivity index (χ1n) is 8.15. The van der Waals surface area contributed by atoms with E-state index in [4.69, 9.17) is 4.74 Å². The smallest absolute Gasteiger partial charge is 0.193 e. The molecule has 1 heterocycles. The van der Waals surface area contributed by atoms with Crippen LogP contribution in [0.1, 0.15) is 32.6 Å². The molecule has 0 radical (unpaired) electrons. The lowest BCUT2D eigenvalue weighted by atomic mass is 9.96. The van der Waals surface area contributed by atoms with Crippen molar-refractivity contribution in [1.82, 2.24) is 4.90 Å². The molecule has 0 N–H and O–H groups in total. The first-order valence-corrected chi connectivity index (χ1v) is 8.15. The largest absolute Gasteiger partial charge is 0.379 e. The minimum Gasteiger partial charge on any atom is -0.379 e. The van der Waals surface area contributed by atoms with Crippen LogP contribution in [-0.4, -0.2) is 37.0 Å². The number of rotatable bonds is 4. The third-order valence-electron chi connectivity index (χ3n) is 4.53. The molecule has 0 saturated carbocycles. The molecule has 2 aromatic carbocycles. The highest BCUT2D eigenvalue weighted by Gasteiger charge is 2.17. The molecular formula is C20H23NO2. The zero-order chi connectivity index (χ0) is 16.2. The maximum absolute atomic E-state index is 12.9. The van der Waals surface area contributed by atoms with Crippen LogP contribution in [-0.2, 0) is 11.3 Å². The van der Waals surface area contributed by atoms with Crippen molar-refractivity contribution in [2.75, 3.05) is 26.3 Å². The summed E-state index contributed by atoms with van der Waals surface area (Å²) in [4.78, 5) is 15.3. The predicted molar refractivity (Wildman–Crippen MR) is 91.9 cm³/mol. The van der Waals surface area contributed by atoms with E-state index in [1.807, 2.05) is 43.3 Å². The number of ether oxygens (including phenoxy) is 1. The first-order chi connectivity index (χ1) is 11.1. The fourth-order valence-electron chi connectivity index (χ4n) is 2.92. The molecule has 0 unspecified atom stereocenters. The summed E-state index contributed by atoms with van der Waals surface area (Å²) < 4.78 is 5.40. The molecule has 1 aliphatic rings. The van der Waals surface area contributed by atoms with Crippen molar-refractivity contribution in [3.63, 3.8) is 0 Å². The van der Waals surface area contributed by atoms with Crippen LogP contribution in [0.3, 0.4) is 0 Å². The molecule has 0 spiro atoms. The van der Waals surface area contributed by atoms with Crippen molar-refractivity contribution < 1.29 is 9.53 Å². The maximum Gasteiger partial charge on any atom is 0.193 e. The third-order valence-corrected chi connectivity index (χ3v) is 4.53. The molecular weight excluding hydrogens is 286 g/mol. The van der Waals surface area contributed by atoms with Gasteiger partial charge in [-0.25, -0.2) is 0 Å². The van der Waals surface area contributed by atoms with E-state index in [1.54, 1.807) is 0 Å². The van der Waals surface area contributed by atoms with Gasteiger partial charge in [0.1, 0.15) is 0 Å². The summed E-state index contributed by atoms with van der Waals surface area (Å²) in [5.74, 6) is 0.108. The van der Waals surface area contributed by atoms with Crippen LogP contribution in [0, 0.1) is 13.8 Å². The average molecular weight is 309 g/mol. The second kappa shape index (κ2) is 7.07. The van der Waals surface area contributed by atoms with E-state index < -0.39 is 0 Å². The highest BCUT2D eigenvalue weighted by Crippen LogP contribution is 2.19. The van der Waals surface area contributed by atoms with E-state index in [0.29, 0.717) is 0 Å². The Morgan fingerprint density at radius 2 is 1.78 bits per heavy atom. The fourth-order valence-corrected chi connectivity index (χ4v) is 2.92. The summed E-state index contributed by atoms with van der Waals surface area (Å²) in [6.45, 7) is 8.30. The van der Waals surface area contributed by atoms with Gasteiger partial charge in [0.05, 0.1) is 13.2 Å². The first kappa shape index (κ1) is 15.9. The minimum absolute atomic E-state index is 0.108. The molecule has 0 aliphatic carbocycles. The number of aryl methyl sites for hydroxylation is 2. The third kappa shape index (κ3) is 3.69. The number of nitrogens with zero attached hydrogens (tertiary/aromatic N) is 1. The Bertz CT molecular complexity index is 703. The van der Waals surface area contributed by atoms with Crippen molar-refractivity contribution in [1.29, 1.82) is 0 Å². The van der Waals surface area contributed by atoms with Gasteiger partial charge in [-0.3, -0.25) is 9.69 Å². The minimum atomic E-state index is 0.108. The van der Waals surface area contributed by atoms with Gasteiger partial charge in [-0.1, -0.05) is 36.4 Å². The molecule has 3 nitrogen and oxygen atoms in total. The molecule has 0 atom stereocenters. The normalized spacial score (nSPS) is 15.6. The zero-order valence-electron chi connectivity index (χ0n) is 13.8. The predicted octanol–water partition coefficient (Wildman–Crippen LogP) is 3.37. The van der Waals surface area contributed by atoms with E-state index in [9.17, 15) is 4.79 Å². The van der Waals surface area contributed by atoms with Crippen LogP contribution >= 0.6 is 0 Å². The quantitative estimate of drug-likeness (QED) is 0.811. The number of carbonyl (C=O) groups excluding carboxylic acids is 1. The monoisotopic (exact) mass is 309 g/mol. The molecule has 1 saturated heterocycles. The van der Waals surface area contributed by atoms with Crippen LogP contribution in [0.5, 0.6) is 0 Å². The molecule has 0 aromatic heterocycles. The fraction of sp³-hybridized carbons (Fsp3) is 0.350. The van der Waals surface area contributed by atoms with E-state index in [-0.39, 0.29) is 5.78 Å².